The number of aliphatic hydroxyl groups excluding tert-OH is 1. The Bertz CT molecular complexity index is 1060. The first-order valence-corrected chi connectivity index (χ1v) is 11.0. The molecule has 33 heavy (non-hydrogen) atoms. The number of rotatable bonds is 10. The van der Waals surface area contributed by atoms with Gasteiger partial charge < -0.3 is 24.7 Å². The fourth-order valence-corrected chi connectivity index (χ4v) is 3.84. The van der Waals surface area contributed by atoms with E-state index in [-0.39, 0.29) is 17.1 Å². The van der Waals surface area contributed by atoms with E-state index in [4.69, 9.17) is 4.74 Å². The van der Waals surface area contributed by atoms with Crippen molar-refractivity contribution in [3.63, 3.8) is 0 Å². The van der Waals surface area contributed by atoms with E-state index in [0.717, 1.165) is 12.1 Å². The number of hydrogen-bond acceptors (Lipinski definition) is 6. The van der Waals surface area contributed by atoms with Gasteiger partial charge in [0.2, 0.25) is 0 Å². The van der Waals surface area contributed by atoms with E-state index in [9.17, 15) is 19.8 Å². The van der Waals surface area contributed by atoms with Gasteiger partial charge in [0.15, 0.2) is 23.0 Å². The summed E-state index contributed by atoms with van der Waals surface area (Å²) in [5, 5.41) is 20.8. The predicted octanol–water partition coefficient (Wildman–Crippen LogP) is 3.72. The van der Waals surface area contributed by atoms with E-state index >= 15 is 0 Å². The third-order valence-electron chi connectivity index (χ3n) is 5.40. The van der Waals surface area contributed by atoms with Gasteiger partial charge in [0.1, 0.15) is 0 Å². The zero-order valence-electron chi connectivity index (χ0n) is 19.2. The monoisotopic (exact) mass is 450 g/mol. The number of allylic oxidation sites excluding steroid dienone is 1. The summed E-state index contributed by atoms with van der Waals surface area (Å²) in [6, 6.07) is 13.3. The second kappa shape index (κ2) is 10.8. The lowest BCUT2D eigenvalue weighted by molar-refractivity contribution is -0.129. The number of carbonyl (C=O) groups is 2. The van der Waals surface area contributed by atoms with Crippen LogP contribution in [0.15, 0.2) is 65.9 Å². The van der Waals surface area contributed by atoms with Crippen LogP contribution in [0, 0.1) is 0 Å². The molecule has 1 unspecified atom stereocenters. The molecule has 0 bridgehead atoms. The molecule has 2 N–H and O–H groups in total. The molecule has 1 heterocycles. The van der Waals surface area contributed by atoms with Crippen LogP contribution in [0.1, 0.15) is 30.5 Å². The number of aromatic hydroxyl groups is 1. The molecule has 0 aromatic heterocycles. The maximum absolute atomic E-state index is 13.2. The molecule has 2 aromatic rings. The van der Waals surface area contributed by atoms with E-state index in [1.54, 1.807) is 25.1 Å². The lowest BCUT2D eigenvalue weighted by atomic mass is 9.95. The number of ether oxygens (including phenoxy) is 1. The minimum absolute atomic E-state index is 0.0187. The highest BCUT2D eigenvalue weighted by Crippen LogP contribution is 2.40. The van der Waals surface area contributed by atoms with Gasteiger partial charge in [-0.2, -0.15) is 0 Å². The van der Waals surface area contributed by atoms with Gasteiger partial charge in [0.25, 0.3) is 5.91 Å². The van der Waals surface area contributed by atoms with E-state index in [1.807, 2.05) is 49.3 Å². The highest BCUT2D eigenvalue weighted by molar-refractivity contribution is 6.14. The maximum atomic E-state index is 13.2. The fourth-order valence-electron chi connectivity index (χ4n) is 3.84. The number of nitrogens with zero attached hydrogens (tertiary/aromatic N) is 2. The van der Waals surface area contributed by atoms with Crippen molar-refractivity contribution in [2.75, 3.05) is 33.8 Å². The second-order valence-corrected chi connectivity index (χ2v) is 8.09. The maximum Gasteiger partial charge on any atom is 0.290 e. The Morgan fingerprint density at radius 3 is 2.55 bits per heavy atom. The molecular weight excluding hydrogens is 420 g/mol. The third kappa shape index (κ3) is 5.62. The summed E-state index contributed by atoms with van der Waals surface area (Å²) < 4.78 is 5.50. The Kier molecular flexibility index (Phi) is 7.90. The average Bonchev–Trinajstić information content (AvgIpc) is 3.04. The van der Waals surface area contributed by atoms with Gasteiger partial charge >= 0.3 is 0 Å². The lowest BCUT2D eigenvalue weighted by Crippen LogP contribution is -2.33. The van der Waals surface area contributed by atoms with E-state index < -0.39 is 23.5 Å². The number of amides is 1. The fraction of sp³-hybridized carbons (Fsp3) is 0.308. The van der Waals surface area contributed by atoms with Crippen molar-refractivity contribution in [2.24, 2.45) is 0 Å². The van der Waals surface area contributed by atoms with Crippen molar-refractivity contribution in [3.05, 3.63) is 77.1 Å². The van der Waals surface area contributed by atoms with Crippen LogP contribution in [-0.2, 0) is 9.59 Å². The van der Waals surface area contributed by atoms with E-state index in [2.05, 4.69) is 0 Å². The van der Waals surface area contributed by atoms with Crippen LogP contribution >= 0.6 is 0 Å². The van der Waals surface area contributed by atoms with Gasteiger partial charge in [-0.3, -0.25) is 9.59 Å². The Morgan fingerprint density at radius 2 is 1.88 bits per heavy atom. The van der Waals surface area contributed by atoms with Crippen LogP contribution in [0.5, 0.6) is 11.5 Å². The van der Waals surface area contributed by atoms with Gasteiger partial charge in [0.05, 0.1) is 18.2 Å². The predicted molar refractivity (Wildman–Crippen MR) is 127 cm³/mol. The minimum atomic E-state index is -0.785. The summed E-state index contributed by atoms with van der Waals surface area (Å²) in [7, 11) is 3.88. The number of carbonyl (C=O) groups excluding carboxylic acids is 2. The van der Waals surface area contributed by atoms with Crippen molar-refractivity contribution in [1.82, 2.24) is 9.80 Å². The molecular formula is C26H30N2O5. The number of aliphatic hydroxyl groups is 1. The quantitative estimate of drug-likeness (QED) is 0.536. The topological polar surface area (TPSA) is 90.3 Å². The Morgan fingerprint density at radius 1 is 1.15 bits per heavy atom. The normalized spacial score (nSPS) is 16.3. The summed E-state index contributed by atoms with van der Waals surface area (Å²) in [5.41, 5.74) is 1.43. The van der Waals surface area contributed by atoms with Crippen LogP contribution in [0.3, 0.4) is 0 Å². The molecule has 0 aliphatic carbocycles. The van der Waals surface area contributed by atoms with Crippen LogP contribution in [0.2, 0.25) is 0 Å². The summed E-state index contributed by atoms with van der Waals surface area (Å²) in [4.78, 5) is 29.7. The molecule has 1 amide bonds. The largest absolute Gasteiger partial charge is 0.504 e. The molecule has 0 fully saturated rings. The summed E-state index contributed by atoms with van der Waals surface area (Å²) in [5.74, 6) is -1.35. The van der Waals surface area contributed by atoms with Gasteiger partial charge in [-0.15, -0.1) is 0 Å². The minimum Gasteiger partial charge on any atom is -0.504 e. The van der Waals surface area contributed by atoms with E-state index in [0.29, 0.717) is 25.1 Å². The number of phenols is 1. The molecule has 2 aromatic carbocycles. The summed E-state index contributed by atoms with van der Waals surface area (Å²) in [6.07, 6.45) is 3.69. The highest BCUT2D eigenvalue weighted by Gasteiger charge is 2.42. The molecule has 7 heteroatoms. The molecule has 1 aliphatic heterocycles. The number of hydrogen-bond donors (Lipinski definition) is 2. The highest BCUT2D eigenvalue weighted by atomic mass is 16.5. The van der Waals surface area contributed by atoms with Crippen LogP contribution in [-0.4, -0.2) is 65.5 Å². The van der Waals surface area contributed by atoms with Crippen LogP contribution in [0.25, 0.3) is 6.08 Å². The first-order valence-electron chi connectivity index (χ1n) is 11.0. The molecule has 0 saturated carbocycles. The summed E-state index contributed by atoms with van der Waals surface area (Å²) in [6.45, 7) is 3.25. The third-order valence-corrected chi connectivity index (χ3v) is 5.40. The SMILES string of the molecule is CCOc1cc(C2C(C(=O)C=Cc3ccccc3)=C(O)C(=O)N2CCCN(C)C)ccc1O. The molecule has 1 aliphatic rings. The van der Waals surface area contributed by atoms with E-state index in [1.165, 1.54) is 17.0 Å². The van der Waals surface area contributed by atoms with Crippen LogP contribution < -0.4 is 4.74 Å². The molecule has 0 spiro atoms. The molecule has 0 saturated heterocycles. The Labute approximate surface area is 194 Å². The second-order valence-electron chi connectivity index (χ2n) is 8.09. The van der Waals surface area contributed by atoms with Crippen molar-refractivity contribution in [1.29, 1.82) is 0 Å². The van der Waals surface area contributed by atoms with Gasteiger partial charge in [0, 0.05) is 6.54 Å². The lowest BCUT2D eigenvalue weighted by Gasteiger charge is -2.27. The first-order chi connectivity index (χ1) is 15.8. The standard InChI is InChI=1S/C26H30N2O5/c1-4-33-22-17-19(12-14-20(22)29)24-23(21(30)13-11-18-9-6-5-7-10-18)25(31)26(32)28(24)16-8-15-27(2)3/h5-7,9-14,17,24,29,31H,4,8,15-16H2,1-3H3. The van der Waals surface area contributed by atoms with Crippen molar-refractivity contribution in [3.8, 4) is 11.5 Å². The molecule has 1 atom stereocenters. The first kappa shape index (κ1) is 24.1. The number of ketones is 1. The Hall–Kier alpha value is -3.58. The van der Waals surface area contributed by atoms with Crippen molar-refractivity contribution in [2.45, 2.75) is 19.4 Å². The smallest absolute Gasteiger partial charge is 0.290 e. The Balaban J connectivity index is 1.99. The van der Waals surface area contributed by atoms with Crippen molar-refractivity contribution >= 4 is 17.8 Å². The number of phenolic OH excluding ortho intramolecular Hbond substituents is 1. The number of benzene rings is 2. The van der Waals surface area contributed by atoms with Gasteiger partial charge in [-0.25, -0.2) is 0 Å². The van der Waals surface area contributed by atoms with Crippen molar-refractivity contribution < 1.29 is 24.5 Å². The zero-order chi connectivity index (χ0) is 24.0. The van der Waals surface area contributed by atoms with Crippen LogP contribution in [0.4, 0.5) is 0 Å². The molecule has 0 radical (unpaired) electrons. The zero-order valence-corrected chi connectivity index (χ0v) is 19.2. The molecule has 7 nitrogen and oxygen atoms in total. The molecule has 3 rings (SSSR count). The van der Waals surface area contributed by atoms with Gasteiger partial charge in [-0.1, -0.05) is 42.5 Å². The molecule has 174 valence electrons. The average molecular weight is 451 g/mol. The summed E-state index contributed by atoms with van der Waals surface area (Å²) >= 11 is 0. The van der Waals surface area contributed by atoms with Gasteiger partial charge in [-0.05, 0) is 63.3 Å².